The number of hydrogen-bond acceptors (Lipinski definition) is 1. The van der Waals surface area contributed by atoms with Crippen molar-refractivity contribution in [2.24, 2.45) is 0 Å². The lowest BCUT2D eigenvalue weighted by atomic mass is 9.82. The van der Waals surface area contributed by atoms with Gasteiger partial charge in [-0.3, -0.25) is 0 Å². The van der Waals surface area contributed by atoms with E-state index in [1.54, 1.807) is 0 Å². The van der Waals surface area contributed by atoms with Gasteiger partial charge in [0, 0.05) is 21.7 Å². The molecule has 9 rings (SSSR count). The van der Waals surface area contributed by atoms with Gasteiger partial charge in [0.25, 0.3) is 0 Å². The van der Waals surface area contributed by atoms with Crippen LogP contribution in [0.1, 0.15) is 73.8 Å². The predicted molar refractivity (Wildman–Crippen MR) is 219 cm³/mol. The lowest BCUT2D eigenvalue weighted by Gasteiger charge is -2.30. The average Bonchev–Trinajstić information content (AvgIpc) is 3.23. The van der Waals surface area contributed by atoms with E-state index in [2.05, 4.69) is 146 Å². The Balaban J connectivity index is 1.14. The molecule has 4 aromatic carbocycles. The summed E-state index contributed by atoms with van der Waals surface area (Å²) in [7, 11) is 0. The second-order valence-electron chi connectivity index (χ2n) is 14.4. The van der Waals surface area contributed by atoms with Gasteiger partial charge in [0.05, 0.1) is 23.6 Å². The van der Waals surface area contributed by atoms with E-state index in [9.17, 15) is 0 Å². The first-order chi connectivity index (χ1) is 26.2. The van der Waals surface area contributed by atoms with Crippen molar-refractivity contribution in [3.63, 3.8) is 0 Å². The number of halogens is 1. The molecule has 4 aliphatic rings. The first-order valence-corrected chi connectivity index (χ1v) is 19.5. The molecule has 0 unspecified atom stereocenters. The van der Waals surface area contributed by atoms with E-state index < -0.39 is 0 Å². The molecule has 5 aromatic rings. The van der Waals surface area contributed by atoms with Crippen LogP contribution in [0.25, 0.3) is 39.4 Å². The summed E-state index contributed by atoms with van der Waals surface area (Å²) in [5.74, 6) is 3.86. The quantitative estimate of drug-likeness (QED) is 0.164. The molecule has 0 N–H and O–H groups in total. The van der Waals surface area contributed by atoms with Gasteiger partial charge in [0.2, 0.25) is 0 Å². The zero-order valence-corrected chi connectivity index (χ0v) is 30.7. The van der Waals surface area contributed by atoms with Crippen molar-refractivity contribution in [1.82, 2.24) is 0 Å². The third-order valence-corrected chi connectivity index (χ3v) is 11.4. The molecule has 260 valence electrons. The van der Waals surface area contributed by atoms with Crippen LogP contribution in [0.4, 0.5) is 0 Å². The molecule has 2 heterocycles. The van der Waals surface area contributed by atoms with E-state index in [1.807, 2.05) is 0 Å². The summed E-state index contributed by atoms with van der Waals surface area (Å²) in [5, 5.41) is 0.886. The molecule has 3 heteroatoms. The smallest absolute Gasteiger partial charge is 0.360 e. The topological polar surface area (TPSA) is 20.5 Å². The number of rotatable bonds is 6. The van der Waals surface area contributed by atoms with E-state index in [4.69, 9.17) is 20.8 Å². The van der Waals surface area contributed by atoms with Crippen LogP contribution in [-0.2, 0) is 11.2 Å². The standard InChI is InChI=1S/C50H42ClO2/c51-49-39(30-38-24-15-29-45-48(38)44(35-18-7-2-8-19-35)33-46(52-45)36-20-9-3-10-21-36)25-13-26-40(49)31-41-27-14-28-42-43(34-16-5-1-6-17-34)32-47(53-50(41)42)37-22-11-4-12-23-37/h1-12,16-23,30-33H,13-15,24-29H2/q+1/b38-30+,40-31+. The molecule has 2 nitrogen and oxygen atoms in total. The number of allylic oxidation sites excluding steroid dienone is 10. The van der Waals surface area contributed by atoms with Crippen molar-refractivity contribution in [3.05, 3.63) is 201 Å². The summed E-state index contributed by atoms with van der Waals surface area (Å²) in [6.07, 6.45) is 16.0. The fourth-order valence-corrected chi connectivity index (χ4v) is 8.65. The first-order valence-electron chi connectivity index (χ1n) is 19.1. The fourth-order valence-electron chi connectivity index (χ4n) is 8.36. The minimum atomic E-state index is 0.886. The van der Waals surface area contributed by atoms with Crippen LogP contribution in [0.5, 0.6) is 0 Å². The highest BCUT2D eigenvalue weighted by molar-refractivity contribution is 6.32. The van der Waals surface area contributed by atoms with E-state index in [0.717, 1.165) is 97.0 Å². The molecular weight excluding hydrogens is 668 g/mol. The highest BCUT2D eigenvalue weighted by Gasteiger charge is 2.32. The molecule has 0 fully saturated rings. The largest absolute Gasteiger partial charge is 0.456 e. The van der Waals surface area contributed by atoms with Crippen LogP contribution < -0.4 is 0 Å². The lowest BCUT2D eigenvalue weighted by molar-refractivity contribution is 0.372. The van der Waals surface area contributed by atoms with Gasteiger partial charge in [-0.25, -0.2) is 4.42 Å². The Morgan fingerprint density at radius 1 is 0.547 bits per heavy atom. The van der Waals surface area contributed by atoms with Crippen molar-refractivity contribution in [1.29, 1.82) is 0 Å². The summed E-state index contributed by atoms with van der Waals surface area (Å²) in [6.45, 7) is 0. The zero-order chi connectivity index (χ0) is 35.6. The normalized spacial score (nSPS) is 18.8. The van der Waals surface area contributed by atoms with E-state index in [-0.39, 0.29) is 0 Å². The average molecular weight is 710 g/mol. The molecule has 1 aliphatic heterocycles. The highest BCUT2D eigenvalue weighted by atomic mass is 35.5. The Morgan fingerprint density at radius 2 is 1.11 bits per heavy atom. The summed E-state index contributed by atoms with van der Waals surface area (Å²) in [4.78, 5) is 0. The molecule has 3 aliphatic carbocycles. The van der Waals surface area contributed by atoms with Gasteiger partial charge in [-0.15, -0.1) is 0 Å². The monoisotopic (exact) mass is 709 g/mol. The van der Waals surface area contributed by atoms with Gasteiger partial charge in [0.1, 0.15) is 11.5 Å². The summed E-state index contributed by atoms with van der Waals surface area (Å²) >= 11 is 7.46. The minimum absolute atomic E-state index is 0.886. The van der Waals surface area contributed by atoms with Crippen LogP contribution >= 0.6 is 11.6 Å². The van der Waals surface area contributed by atoms with E-state index in [1.165, 1.54) is 55.7 Å². The molecule has 0 atom stereocenters. The maximum atomic E-state index is 7.46. The fraction of sp³-hybridized carbons (Fsp3) is 0.180. The molecule has 0 bridgehead atoms. The van der Waals surface area contributed by atoms with Crippen LogP contribution in [0.3, 0.4) is 0 Å². The maximum Gasteiger partial charge on any atom is 0.360 e. The molecule has 0 spiro atoms. The van der Waals surface area contributed by atoms with E-state index >= 15 is 0 Å². The number of fused-ring (bicyclic) bond motifs is 2. The number of aryl methyl sites for hydroxylation is 1. The molecule has 0 saturated carbocycles. The van der Waals surface area contributed by atoms with Crippen molar-refractivity contribution in [2.45, 2.75) is 57.8 Å². The first kappa shape index (κ1) is 33.4. The van der Waals surface area contributed by atoms with Gasteiger partial charge in [-0.2, -0.15) is 0 Å². The third kappa shape index (κ3) is 6.80. The molecule has 1 aromatic heterocycles. The van der Waals surface area contributed by atoms with Gasteiger partial charge in [0.15, 0.2) is 0 Å². The molecule has 0 amide bonds. The van der Waals surface area contributed by atoms with Crippen molar-refractivity contribution in [2.75, 3.05) is 0 Å². The molecule has 0 saturated heterocycles. The highest BCUT2D eigenvalue weighted by Crippen LogP contribution is 2.46. The number of hydrogen-bond donors (Lipinski definition) is 0. The Morgan fingerprint density at radius 3 is 1.83 bits per heavy atom. The van der Waals surface area contributed by atoms with Crippen LogP contribution in [0, 0.1) is 0 Å². The lowest BCUT2D eigenvalue weighted by Crippen LogP contribution is -2.12. The molecule has 53 heavy (non-hydrogen) atoms. The number of ether oxygens (including phenoxy) is 1. The van der Waals surface area contributed by atoms with Gasteiger partial charge in [-0.05, 0) is 109 Å². The Kier molecular flexibility index (Phi) is 9.38. The van der Waals surface area contributed by atoms with Crippen LogP contribution in [0.15, 0.2) is 183 Å². The SMILES string of the molecule is ClC1=C(/C=C2\CCCc3[o+]c(-c4ccccc4)cc(-c4ccccc4)c32)CCC/C1=C\C1=C2OC(c3ccccc3)=CC(c3ccccc3)=C2CCC1. The third-order valence-electron chi connectivity index (χ3n) is 10.9. The predicted octanol–water partition coefficient (Wildman–Crippen LogP) is 14.2. The van der Waals surface area contributed by atoms with Crippen molar-refractivity contribution in [3.8, 4) is 22.5 Å². The van der Waals surface area contributed by atoms with Gasteiger partial charge in [-0.1, -0.05) is 133 Å². The second kappa shape index (κ2) is 14.9. The Hall–Kier alpha value is -5.44. The van der Waals surface area contributed by atoms with Gasteiger partial charge < -0.3 is 4.74 Å². The maximum absolute atomic E-state index is 7.46. The van der Waals surface area contributed by atoms with Crippen molar-refractivity contribution < 1.29 is 9.15 Å². The molecular formula is C50H42ClO2+. The Labute approximate surface area is 317 Å². The zero-order valence-electron chi connectivity index (χ0n) is 29.9. The molecule has 0 radical (unpaired) electrons. The summed E-state index contributed by atoms with van der Waals surface area (Å²) in [6, 6.07) is 44.6. The van der Waals surface area contributed by atoms with Crippen LogP contribution in [-0.4, -0.2) is 0 Å². The van der Waals surface area contributed by atoms with Crippen molar-refractivity contribution >= 4 is 28.5 Å². The Bertz CT molecular complexity index is 2360. The summed E-state index contributed by atoms with van der Waals surface area (Å²) < 4.78 is 13.6. The number of benzene rings is 4. The van der Waals surface area contributed by atoms with E-state index in [0.29, 0.717) is 0 Å². The van der Waals surface area contributed by atoms with Crippen LogP contribution in [0.2, 0.25) is 0 Å². The second-order valence-corrected chi connectivity index (χ2v) is 14.8. The minimum Gasteiger partial charge on any atom is -0.456 e. The van der Waals surface area contributed by atoms with Gasteiger partial charge >= 0.3 is 11.5 Å². The summed E-state index contributed by atoms with van der Waals surface area (Å²) in [5.41, 5.74) is 14.6.